The van der Waals surface area contributed by atoms with Crippen molar-refractivity contribution in [2.45, 2.75) is 6.92 Å². The topological polar surface area (TPSA) is 29.3 Å². The largest absolute Gasteiger partial charge is 0.350 e. The minimum Gasteiger partial charge on any atom is -0.350 e. The first-order valence-electron chi connectivity index (χ1n) is 6.64. The van der Waals surface area contributed by atoms with Crippen LogP contribution >= 0.6 is 0 Å². The predicted octanol–water partition coefficient (Wildman–Crippen LogP) is 3.93. The van der Waals surface area contributed by atoms with E-state index in [2.05, 4.69) is 52.5 Å². The van der Waals surface area contributed by atoms with Gasteiger partial charge in [0.25, 0.3) is 0 Å². The maximum Gasteiger partial charge on any atom is 0.0566 e. The molecule has 1 heterocycles. The SMILES string of the molecule is Cc1ccc(N/N=C/c2cn(C)c3ccccc23)cc1. The third-order valence-electron chi connectivity index (χ3n) is 3.38. The highest BCUT2D eigenvalue weighted by Gasteiger charge is 2.02. The average molecular weight is 263 g/mol. The number of rotatable bonds is 3. The lowest BCUT2D eigenvalue weighted by atomic mass is 10.2. The van der Waals surface area contributed by atoms with Crippen LogP contribution in [0.1, 0.15) is 11.1 Å². The number of fused-ring (bicyclic) bond motifs is 1. The van der Waals surface area contributed by atoms with Crippen LogP contribution in [0, 0.1) is 6.92 Å². The molecule has 0 aliphatic heterocycles. The molecule has 3 heteroatoms. The molecule has 0 fully saturated rings. The standard InChI is InChI=1S/C17H17N3/c1-13-7-9-15(10-8-13)19-18-11-14-12-20(2)17-6-4-3-5-16(14)17/h3-12,19H,1-2H3/b18-11+. The summed E-state index contributed by atoms with van der Waals surface area (Å²) in [6, 6.07) is 16.5. The number of para-hydroxylation sites is 1. The van der Waals surface area contributed by atoms with Crippen LogP contribution in [0.4, 0.5) is 5.69 Å². The summed E-state index contributed by atoms with van der Waals surface area (Å²) in [7, 11) is 2.05. The third-order valence-corrected chi connectivity index (χ3v) is 3.38. The van der Waals surface area contributed by atoms with E-state index in [9.17, 15) is 0 Å². The minimum atomic E-state index is 0.993. The van der Waals surface area contributed by atoms with Gasteiger partial charge in [-0.2, -0.15) is 5.10 Å². The minimum absolute atomic E-state index is 0.993. The number of hydrogen-bond donors (Lipinski definition) is 1. The molecule has 0 radical (unpaired) electrons. The Balaban J connectivity index is 1.82. The first-order chi connectivity index (χ1) is 9.74. The number of aromatic nitrogens is 1. The van der Waals surface area contributed by atoms with E-state index in [1.54, 1.807) is 0 Å². The zero-order chi connectivity index (χ0) is 13.9. The Morgan fingerprint density at radius 2 is 1.80 bits per heavy atom. The summed E-state index contributed by atoms with van der Waals surface area (Å²) in [5.74, 6) is 0. The fourth-order valence-corrected chi connectivity index (χ4v) is 2.28. The van der Waals surface area contributed by atoms with Crippen molar-refractivity contribution in [2.24, 2.45) is 12.1 Å². The summed E-state index contributed by atoms with van der Waals surface area (Å²) in [5.41, 5.74) is 7.62. The Morgan fingerprint density at radius 1 is 1.05 bits per heavy atom. The number of nitrogens with zero attached hydrogens (tertiary/aromatic N) is 2. The van der Waals surface area contributed by atoms with Crippen LogP contribution in [0.3, 0.4) is 0 Å². The van der Waals surface area contributed by atoms with E-state index < -0.39 is 0 Å². The molecule has 0 aliphatic carbocycles. The molecule has 0 amide bonds. The number of nitrogens with one attached hydrogen (secondary N) is 1. The molecular weight excluding hydrogens is 246 g/mol. The summed E-state index contributed by atoms with van der Waals surface area (Å²) < 4.78 is 2.11. The molecule has 1 aromatic heterocycles. The second-order valence-electron chi connectivity index (χ2n) is 4.95. The molecule has 1 N–H and O–H groups in total. The molecule has 0 atom stereocenters. The van der Waals surface area contributed by atoms with Crippen molar-refractivity contribution in [1.29, 1.82) is 0 Å². The quantitative estimate of drug-likeness (QED) is 0.563. The highest BCUT2D eigenvalue weighted by molar-refractivity contribution is 5.99. The van der Waals surface area contributed by atoms with Gasteiger partial charge in [0.1, 0.15) is 0 Å². The monoisotopic (exact) mass is 263 g/mol. The Hall–Kier alpha value is -2.55. The Bertz CT molecular complexity index is 752. The third kappa shape index (κ3) is 2.43. The van der Waals surface area contributed by atoms with Crippen LogP contribution in [0.15, 0.2) is 59.8 Å². The molecule has 0 aliphatic rings. The second kappa shape index (κ2) is 5.21. The van der Waals surface area contributed by atoms with Crippen molar-refractivity contribution < 1.29 is 0 Å². The smallest absolute Gasteiger partial charge is 0.0566 e. The van der Waals surface area contributed by atoms with E-state index in [-0.39, 0.29) is 0 Å². The van der Waals surface area contributed by atoms with Gasteiger partial charge in [-0.15, -0.1) is 0 Å². The summed E-state index contributed by atoms with van der Waals surface area (Å²) in [6.45, 7) is 2.07. The van der Waals surface area contributed by atoms with Gasteiger partial charge in [0.15, 0.2) is 0 Å². The van der Waals surface area contributed by atoms with Gasteiger partial charge in [-0.25, -0.2) is 0 Å². The molecule has 20 heavy (non-hydrogen) atoms. The molecule has 0 unspecified atom stereocenters. The fourth-order valence-electron chi connectivity index (χ4n) is 2.28. The molecule has 0 saturated carbocycles. The van der Waals surface area contributed by atoms with Crippen molar-refractivity contribution in [3.8, 4) is 0 Å². The van der Waals surface area contributed by atoms with Crippen molar-refractivity contribution >= 4 is 22.8 Å². The predicted molar refractivity (Wildman–Crippen MR) is 85.3 cm³/mol. The van der Waals surface area contributed by atoms with Gasteiger partial charge in [0.2, 0.25) is 0 Å². The van der Waals surface area contributed by atoms with Gasteiger partial charge < -0.3 is 4.57 Å². The summed E-state index contributed by atoms with van der Waals surface area (Å²) in [6.07, 6.45) is 3.95. The Kier molecular flexibility index (Phi) is 3.25. The Labute approximate surface area is 118 Å². The lowest BCUT2D eigenvalue weighted by Crippen LogP contribution is -1.90. The number of hydrogen-bond acceptors (Lipinski definition) is 2. The van der Waals surface area contributed by atoms with E-state index in [4.69, 9.17) is 0 Å². The summed E-state index contributed by atoms with van der Waals surface area (Å²) >= 11 is 0. The maximum absolute atomic E-state index is 4.32. The average Bonchev–Trinajstić information content (AvgIpc) is 2.79. The van der Waals surface area contributed by atoms with Crippen molar-refractivity contribution in [2.75, 3.05) is 5.43 Å². The number of anilines is 1. The fraction of sp³-hybridized carbons (Fsp3) is 0.118. The van der Waals surface area contributed by atoms with Crippen LogP contribution in [0.2, 0.25) is 0 Å². The van der Waals surface area contributed by atoms with Crippen LogP contribution < -0.4 is 5.43 Å². The molecule has 3 nitrogen and oxygen atoms in total. The lowest BCUT2D eigenvalue weighted by molar-refractivity contribution is 0.968. The van der Waals surface area contributed by atoms with Crippen LogP contribution in [0.5, 0.6) is 0 Å². The molecule has 0 saturated heterocycles. The van der Waals surface area contributed by atoms with Crippen LogP contribution in [-0.2, 0) is 7.05 Å². The number of aryl methyl sites for hydroxylation is 2. The molecule has 100 valence electrons. The van der Waals surface area contributed by atoms with E-state index >= 15 is 0 Å². The van der Waals surface area contributed by atoms with Gasteiger partial charge in [0.05, 0.1) is 11.9 Å². The van der Waals surface area contributed by atoms with Crippen molar-refractivity contribution in [3.05, 3.63) is 65.9 Å². The first kappa shape index (κ1) is 12.5. The second-order valence-corrected chi connectivity index (χ2v) is 4.95. The highest BCUT2D eigenvalue weighted by Crippen LogP contribution is 2.18. The maximum atomic E-state index is 4.32. The van der Waals surface area contributed by atoms with E-state index in [1.165, 1.54) is 16.5 Å². The lowest BCUT2D eigenvalue weighted by Gasteiger charge is -1.99. The normalized spacial score (nSPS) is 11.3. The zero-order valence-corrected chi connectivity index (χ0v) is 11.7. The molecule has 3 aromatic rings. The number of hydrazone groups is 1. The summed E-state index contributed by atoms with van der Waals surface area (Å²) in [4.78, 5) is 0. The van der Waals surface area contributed by atoms with Crippen LogP contribution in [-0.4, -0.2) is 10.8 Å². The zero-order valence-electron chi connectivity index (χ0n) is 11.7. The molecule has 2 aromatic carbocycles. The van der Waals surface area contributed by atoms with Gasteiger partial charge >= 0.3 is 0 Å². The van der Waals surface area contributed by atoms with Gasteiger partial charge in [-0.1, -0.05) is 35.9 Å². The van der Waals surface area contributed by atoms with Gasteiger partial charge in [0, 0.05) is 29.7 Å². The highest BCUT2D eigenvalue weighted by atomic mass is 15.3. The first-order valence-corrected chi connectivity index (χ1v) is 6.64. The van der Waals surface area contributed by atoms with Gasteiger partial charge in [-0.05, 0) is 25.1 Å². The van der Waals surface area contributed by atoms with E-state index in [1.807, 2.05) is 37.5 Å². The van der Waals surface area contributed by atoms with Crippen LogP contribution in [0.25, 0.3) is 10.9 Å². The summed E-state index contributed by atoms with van der Waals surface area (Å²) in [5, 5.41) is 5.53. The van der Waals surface area contributed by atoms with Crippen molar-refractivity contribution in [3.63, 3.8) is 0 Å². The Morgan fingerprint density at radius 3 is 2.60 bits per heavy atom. The van der Waals surface area contributed by atoms with Crippen molar-refractivity contribution in [1.82, 2.24) is 4.57 Å². The van der Waals surface area contributed by atoms with Gasteiger partial charge in [-0.3, -0.25) is 5.43 Å². The molecular formula is C17H17N3. The number of benzene rings is 2. The molecule has 3 rings (SSSR count). The molecule has 0 bridgehead atoms. The molecule has 0 spiro atoms. The van der Waals surface area contributed by atoms with E-state index in [0.717, 1.165) is 11.3 Å². The van der Waals surface area contributed by atoms with E-state index in [0.29, 0.717) is 0 Å².